The molecule has 7 nitrogen and oxygen atoms in total. The smallest absolute Gasteiger partial charge is 0.326 e. The quantitative estimate of drug-likeness (QED) is 0.581. The molecular formula is C14H24N2O5S. The first kappa shape index (κ1) is 18.8. The number of nitrogens with one attached hydrogen (secondary N) is 1. The fourth-order valence-electron chi connectivity index (χ4n) is 2.47. The molecule has 3 unspecified atom stereocenters. The zero-order valence-corrected chi connectivity index (χ0v) is 13.8. The van der Waals surface area contributed by atoms with Crippen LogP contribution in [0.15, 0.2) is 0 Å². The number of aliphatic hydroxyl groups is 1. The lowest BCUT2D eigenvalue weighted by Crippen LogP contribution is -2.51. The molecule has 0 aromatic heterocycles. The maximum absolute atomic E-state index is 12.3. The van der Waals surface area contributed by atoms with Crippen LogP contribution in [0.2, 0.25) is 0 Å². The van der Waals surface area contributed by atoms with Gasteiger partial charge in [-0.1, -0.05) is 0 Å². The number of carboxylic acids is 1. The molecule has 3 atom stereocenters. The number of amides is 2. The highest BCUT2D eigenvalue weighted by molar-refractivity contribution is 7.98. The van der Waals surface area contributed by atoms with Gasteiger partial charge in [0, 0.05) is 6.54 Å². The molecule has 1 fully saturated rings. The van der Waals surface area contributed by atoms with Crippen molar-refractivity contribution in [2.75, 3.05) is 18.6 Å². The Hall–Kier alpha value is -1.28. The molecule has 0 aliphatic carbocycles. The number of likely N-dealkylation sites (tertiary alicyclic amines) is 1. The van der Waals surface area contributed by atoms with Gasteiger partial charge in [0.2, 0.25) is 11.8 Å². The molecule has 1 heterocycles. The third-order valence-corrected chi connectivity index (χ3v) is 4.22. The maximum Gasteiger partial charge on any atom is 0.326 e. The van der Waals surface area contributed by atoms with Gasteiger partial charge in [0.15, 0.2) is 0 Å². The summed E-state index contributed by atoms with van der Waals surface area (Å²) in [6.07, 6.45) is 2.65. The first-order valence-electron chi connectivity index (χ1n) is 7.36. The minimum Gasteiger partial charge on any atom is -0.480 e. The van der Waals surface area contributed by atoms with Crippen LogP contribution in [0.4, 0.5) is 0 Å². The van der Waals surface area contributed by atoms with Crippen molar-refractivity contribution in [3.05, 3.63) is 0 Å². The summed E-state index contributed by atoms with van der Waals surface area (Å²) >= 11 is 1.51. The van der Waals surface area contributed by atoms with Crippen LogP contribution in [-0.4, -0.2) is 69.6 Å². The van der Waals surface area contributed by atoms with Crippen LogP contribution < -0.4 is 5.32 Å². The van der Waals surface area contributed by atoms with Crippen molar-refractivity contribution >= 4 is 29.5 Å². The first-order valence-corrected chi connectivity index (χ1v) is 8.75. The molecule has 22 heavy (non-hydrogen) atoms. The Balaban J connectivity index is 2.65. The van der Waals surface area contributed by atoms with Crippen LogP contribution in [0.25, 0.3) is 0 Å². The molecule has 126 valence electrons. The van der Waals surface area contributed by atoms with Gasteiger partial charge >= 0.3 is 5.97 Å². The molecule has 1 aliphatic heterocycles. The van der Waals surface area contributed by atoms with Gasteiger partial charge in [0.05, 0.1) is 12.5 Å². The minimum absolute atomic E-state index is 0.0292. The lowest BCUT2D eigenvalue weighted by molar-refractivity contribution is -0.144. The molecule has 3 N–H and O–H groups in total. The van der Waals surface area contributed by atoms with E-state index in [0.29, 0.717) is 31.6 Å². The van der Waals surface area contributed by atoms with Gasteiger partial charge in [-0.2, -0.15) is 11.8 Å². The van der Waals surface area contributed by atoms with Crippen LogP contribution in [0, 0.1) is 0 Å². The summed E-state index contributed by atoms with van der Waals surface area (Å²) < 4.78 is 0. The standard InChI is InChI=1S/C14H24N2O5S/c1-9(17)8-12(18)16-6-3-4-11(16)13(19)15-10(14(20)21)5-7-22-2/h9-11,17H,3-8H2,1-2H3,(H,15,19)(H,20,21). The van der Waals surface area contributed by atoms with Gasteiger partial charge in [-0.15, -0.1) is 0 Å². The SMILES string of the molecule is CSCCC(NC(=O)C1CCCN1C(=O)CC(C)O)C(=O)O. The van der Waals surface area contributed by atoms with Crippen molar-refractivity contribution < 1.29 is 24.6 Å². The predicted octanol–water partition coefficient (Wildman–Crippen LogP) is 0.0708. The second-order valence-electron chi connectivity index (χ2n) is 5.48. The van der Waals surface area contributed by atoms with Crippen molar-refractivity contribution in [2.24, 2.45) is 0 Å². The van der Waals surface area contributed by atoms with Crippen LogP contribution in [0.5, 0.6) is 0 Å². The monoisotopic (exact) mass is 332 g/mol. The summed E-state index contributed by atoms with van der Waals surface area (Å²) in [4.78, 5) is 36.9. The second-order valence-corrected chi connectivity index (χ2v) is 6.46. The number of aliphatic carboxylic acids is 1. The summed E-state index contributed by atoms with van der Waals surface area (Å²) in [5, 5.41) is 21.0. The van der Waals surface area contributed by atoms with Gasteiger partial charge in [0.1, 0.15) is 12.1 Å². The van der Waals surface area contributed by atoms with Gasteiger partial charge in [-0.3, -0.25) is 9.59 Å². The Morgan fingerprint density at radius 2 is 2.09 bits per heavy atom. The van der Waals surface area contributed by atoms with Crippen molar-refractivity contribution in [1.82, 2.24) is 10.2 Å². The van der Waals surface area contributed by atoms with Gasteiger partial charge in [-0.25, -0.2) is 4.79 Å². The molecule has 0 bridgehead atoms. The fourth-order valence-corrected chi connectivity index (χ4v) is 2.94. The Kier molecular flexibility index (Phi) is 7.67. The van der Waals surface area contributed by atoms with Gasteiger partial charge in [-0.05, 0) is 38.2 Å². The van der Waals surface area contributed by atoms with E-state index in [1.807, 2.05) is 6.26 Å². The van der Waals surface area contributed by atoms with E-state index in [0.717, 1.165) is 0 Å². The maximum atomic E-state index is 12.3. The van der Waals surface area contributed by atoms with Gasteiger partial charge in [0.25, 0.3) is 0 Å². The molecule has 2 amide bonds. The number of carboxylic acid groups (broad SMARTS) is 1. The average molecular weight is 332 g/mol. The molecular weight excluding hydrogens is 308 g/mol. The third-order valence-electron chi connectivity index (χ3n) is 3.57. The number of hydrogen-bond donors (Lipinski definition) is 3. The number of thioether (sulfide) groups is 1. The predicted molar refractivity (Wildman–Crippen MR) is 83.6 cm³/mol. The Morgan fingerprint density at radius 3 is 2.64 bits per heavy atom. The van der Waals surface area contributed by atoms with Crippen molar-refractivity contribution in [1.29, 1.82) is 0 Å². The summed E-state index contributed by atoms with van der Waals surface area (Å²) in [5.41, 5.74) is 0. The largest absolute Gasteiger partial charge is 0.480 e. The van der Waals surface area contributed by atoms with E-state index >= 15 is 0 Å². The van der Waals surface area contributed by atoms with Crippen molar-refractivity contribution in [3.8, 4) is 0 Å². The van der Waals surface area contributed by atoms with E-state index in [2.05, 4.69) is 5.32 Å². The zero-order valence-electron chi connectivity index (χ0n) is 12.9. The number of nitrogens with zero attached hydrogens (tertiary/aromatic N) is 1. The van der Waals surface area contributed by atoms with Crippen LogP contribution in [0.1, 0.15) is 32.6 Å². The molecule has 8 heteroatoms. The number of carbonyl (C=O) groups is 3. The zero-order chi connectivity index (χ0) is 16.7. The highest BCUT2D eigenvalue weighted by Crippen LogP contribution is 2.19. The summed E-state index contributed by atoms with van der Waals surface area (Å²) in [5.74, 6) is -1.14. The number of hydrogen-bond acceptors (Lipinski definition) is 5. The third kappa shape index (κ3) is 5.49. The molecule has 1 aliphatic rings. The van der Waals surface area contributed by atoms with Crippen molar-refractivity contribution in [2.45, 2.75) is 50.8 Å². The van der Waals surface area contributed by atoms with Crippen LogP contribution in [-0.2, 0) is 14.4 Å². The highest BCUT2D eigenvalue weighted by atomic mass is 32.2. The molecule has 0 radical (unpaired) electrons. The fraction of sp³-hybridized carbons (Fsp3) is 0.786. The van der Waals surface area contributed by atoms with E-state index in [1.165, 1.54) is 23.6 Å². The van der Waals surface area contributed by atoms with E-state index in [1.54, 1.807) is 0 Å². The van der Waals surface area contributed by atoms with E-state index < -0.39 is 30.1 Å². The van der Waals surface area contributed by atoms with Crippen LogP contribution in [0.3, 0.4) is 0 Å². The lowest BCUT2D eigenvalue weighted by Gasteiger charge is -2.26. The molecule has 0 aromatic rings. The van der Waals surface area contributed by atoms with E-state index in [4.69, 9.17) is 5.11 Å². The topological polar surface area (TPSA) is 107 Å². The van der Waals surface area contributed by atoms with E-state index in [-0.39, 0.29) is 12.3 Å². The summed E-state index contributed by atoms with van der Waals surface area (Å²) in [6.45, 7) is 1.98. The normalized spacial score (nSPS) is 20.5. The number of rotatable bonds is 8. The van der Waals surface area contributed by atoms with E-state index in [9.17, 15) is 19.5 Å². The van der Waals surface area contributed by atoms with Gasteiger partial charge < -0.3 is 20.4 Å². The number of aliphatic hydroxyl groups excluding tert-OH is 1. The van der Waals surface area contributed by atoms with Crippen molar-refractivity contribution in [3.63, 3.8) is 0 Å². The second kappa shape index (κ2) is 8.99. The molecule has 0 saturated carbocycles. The Morgan fingerprint density at radius 1 is 1.41 bits per heavy atom. The number of carbonyl (C=O) groups excluding carboxylic acids is 2. The van der Waals surface area contributed by atoms with Crippen LogP contribution >= 0.6 is 11.8 Å². The summed E-state index contributed by atoms with van der Waals surface area (Å²) in [7, 11) is 0. The Bertz CT molecular complexity index is 416. The minimum atomic E-state index is -1.07. The lowest BCUT2D eigenvalue weighted by atomic mass is 10.1. The Labute approximate surface area is 134 Å². The molecule has 0 spiro atoms. The molecule has 0 aromatic carbocycles. The molecule has 1 saturated heterocycles. The summed E-state index contributed by atoms with van der Waals surface area (Å²) in [6, 6.07) is -1.57. The first-order chi connectivity index (χ1) is 10.4. The highest BCUT2D eigenvalue weighted by Gasteiger charge is 2.35. The average Bonchev–Trinajstić information content (AvgIpc) is 2.91. The molecule has 1 rings (SSSR count).